The van der Waals surface area contributed by atoms with Gasteiger partial charge in [0, 0.05) is 26.2 Å². The van der Waals surface area contributed by atoms with Crippen molar-refractivity contribution >= 4 is 12.0 Å². The van der Waals surface area contributed by atoms with Crippen LogP contribution >= 0.6 is 0 Å². The van der Waals surface area contributed by atoms with Gasteiger partial charge in [0.15, 0.2) is 0 Å². The Morgan fingerprint density at radius 1 is 1.12 bits per heavy atom. The molecule has 1 aromatic rings. The van der Waals surface area contributed by atoms with Crippen molar-refractivity contribution in [2.45, 2.75) is 40.0 Å². The minimum Gasteiger partial charge on any atom is -0.450 e. The normalized spacial score (nSPS) is 14.9. The molecule has 1 aromatic carbocycles. The third-order valence-corrected chi connectivity index (χ3v) is 4.54. The fraction of sp³-hybridized carbons (Fsp3) is 0.579. The Morgan fingerprint density at radius 3 is 2.33 bits per heavy atom. The van der Waals surface area contributed by atoms with Crippen LogP contribution in [0.1, 0.15) is 43.4 Å². The summed E-state index contributed by atoms with van der Waals surface area (Å²) in [7, 11) is 0. The monoisotopic (exact) mass is 332 g/mol. The van der Waals surface area contributed by atoms with Crippen LogP contribution in [0.25, 0.3) is 0 Å². The lowest BCUT2D eigenvalue weighted by Crippen LogP contribution is -2.51. The molecule has 0 saturated carbocycles. The van der Waals surface area contributed by atoms with Gasteiger partial charge in [0.2, 0.25) is 5.91 Å². The van der Waals surface area contributed by atoms with E-state index in [2.05, 4.69) is 32.0 Å². The smallest absolute Gasteiger partial charge is 0.409 e. The fourth-order valence-electron chi connectivity index (χ4n) is 2.87. The maximum Gasteiger partial charge on any atom is 0.409 e. The number of benzene rings is 1. The molecule has 1 saturated heterocycles. The van der Waals surface area contributed by atoms with Crippen LogP contribution in [-0.4, -0.2) is 54.6 Å². The number of amides is 2. The highest BCUT2D eigenvalue weighted by Crippen LogP contribution is 2.20. The Labute approximate surface area is 144 Å². The van der Waals surface area contributed by atoms with Gasteiger partial charge < -0.3 is 14.5 Å². The molecule has 0 radical (unpaired) electrons. The molecule has 0 N–H and O–H groups in total. The third-order valence-electron chi connectivity index (χ3n) is 4.54. The maximum atomic E-state index is 12.6. The number of aryl methyl sites for hydroxylation is 1. The molecule has 1 fully saturated rings. The average molecular weight is 332 g/mol. The first-order chi connectivity index (χ1) is 11.4. The first-order valence-corrected chi connectivity index (χ1v) is 8.71. The summed E-state index contributed by atoms with van der Waals surface area (Å²) in [5.74, 6) is 0.579. The molecule has 0 spiro atoms. The van der Waals surface area contributed by atoms with Gasteiger partial charge in [-0.25, -0.2) is 4.79 Å². The molecule has 1 aliphatic heterocycles. The summed E-state index contributed by atoms with van der Waals surface area (Å²) in [6, 6.07) is 6.37. The number of hydrogen-bond donors (Lipinski definition) is 0. The van der Waals surface area contributed by atoms with Crippen LogP contribution in [0.3, 0.4) is 0 Å². The lowest BCUT2D eigenvalue weighted by Gasteiger charge is -2.34. The number of ether oxygens (including phenoxy) is 1. The van der Waals surface area contributed by atoms with Crippen LogP contribution in [0.2, 0.25) is 0 Å². The molecule has 5 nitrogen and oxygen atoms in total. The lowest BCUT2D eigenvalue weighted by molar-refractivity contribution is -0.132. The average Bonchev–Trinajstić information content (AvgIpc) is 2.57. The summed E-state index contributed by atoms with van der Waals surface area (Å²) in [5.41, 5.74) is 3.51. The van der Waals surface area contributed by atoms with Gasteiger partial charge in [0.25, 0.3) is 0 Å². The van der Waals surface area contributed by atoms with Crippen molar-refractivity contribution in [3.8, 4) is 0 Å². The van der Waals surface area contributed by atoms with Crippen LogP contribution in [0.4, 0.5) is 4.79 Å². The van der Waals surface area contributed by atoms with Gasteiger partial charge in [-0.2, -0.15) is 0 Å². The van der Waals surface area contributed by atoms with Crippen LogP contribution in [-0.2, 0) is 16.0 Å². The van der Waals surface area contributed by atoms with E-state index in [9.17, 15) is 9.59 Å². The zero-order valence-corrected chi connectivity index (χ0v) is 15.2. The Morgan fingerprint density at radius 2 is 1.75 bits per heavy atom. The predicted molar refractivity (Wildman–Crippen MR) is 94.1 cm³/mol. The molecule has 0 bridgehead atoms. The molecule has 0 unspecified atom stereocenters. The van der Waals surface area contributed by atoms with Crippen LogP contribution < -0.4 is 0 Å². The molecule has 1 heterocycles. The van der Waals surface area contributed by atoms with Gasteiger partial charge in [-0.05, 0) is 36.5 Å². The predicted octanol–water partition coefficient (Wildman–Crippen LogP) is 2.96. The van der Waals surface area contributed by atoms with Gasteiger partial charge in [-0.1, -0.05) is 32.0 Å². The molecule has 24 heavy (non-hydrogen) atoms. The molecule has 0 aliphatic carbocycles. The summed E-state index contributed by atoms with van der Waals surface area (Å²) in [6.07, 6.45) is 0.135. The highest BCUT2D eigenvalue weighted by atomic mass is 16.6. The first-order valence-electron chi connectivity index (χ1n) is 8.71. The van der Waals surface area contributed by atoms with Gasteiger partial charge in [-0.3, -0.25) is 4.79 Å². The molecule has 1 aliphatic rings. The van der Waals surface area contributed by atoms with Crippen molar-refractivity contribution in [2.75, 3.05) is 32.8 Å². The minimum atomic E-state index is -0.287. The van der Waals surface area contributed by atoms with E-state index in [4.69, 9.17) is 4.74 Å². The summed E-state index contributed by atoms with van der Waals surface area (Å²) in [5, 5.41) is 0. The topological polar surface area (TPSA) is 49.9 Å². The molecule has 5 heteroatoms. The number of carbonyl (C=O) groups excluding carboxylic acids is 2. The molecule has 132 valence electrons. The molecular weight excluding hydrogens is 304 g/mol. The van der Waals surface area contributed by atoms with E-state index in [0.717, 1.165) is 11.1 Å². The van der Waals surface area contributed by atoms with Crippen molar-refractivity contribution in [1.29, 1.82) is 0 Å². The van der Waals surface area contributed by atoms with Gasteiger partial charge in [-0.15, -0.1) is 0 Å². The Bertz CT molecular complexity index is 590. The Hall–Kier alpha value is -2.04. The summed E-state index contributed by atoms with van der Waals surface area (Å²) in [4.78, 5) is 27.8. The molecule has 2 amide bonds. The van der Waals surface area contributed by atoms with E-state index in [1.165, 1.54) is 5.56 Å². The quantitative estimate of drug-likeness (QED) is 0.852. The lowest BCUT2D eigenvalue weighted by atomic mass is 9.96. The second kappa shape index (κ2) is 8.18. The Kier molecular flexibility index (Phi) is 6.23. The van der Waals surface area contributed by atoms with Crippen LogP contribution in [0.5, 0.6) is 0 Å². The van der Waals surface area contributed by atoms with E-state index >= 15 is 0 Å². The van der Waals surface area contributed by atoms with E-state index < -0.39 is 0 Å². The molecule has 0 atom stereocenters. The number of hydrogen-bond acceptors (Lipinski definition) is 3. The SMILES string of the molecule is CCOC(=O)N1CCN(C(=O)Cc2cc(C(C)C)ccc2C)CC1. The molecule has 2 rings (SSSR count). The van der Waals surface area contributed by atoms with E-state index in [0.29, 0.717) is 45.1 Å². The standard InChI is InChI=1S/C19H28N2O3/c1-5-24-19(23)21-10-8-20(9-11-21)18(22)13-17-12-16(14(2)3)7-6-15(17)4/h6-7,12,14H,5,8-11,13H2,1-4H3. The van der Waals surface area contributed by atoms with Crippen LogP contribution in [0, 0.1) is 6.92 Å². The van der Waals surface area contributed by atoms with Gasteiger partial charge >= 0.3 is 6.09 Å². The van der Waals surface area contributed by atoms with E-state index in [-0.39, 0.29) is 12.0 Å². The zero-order valence-electron chi connectivity index (χ0n) is 15.2. The maximum absolute atomic E-state index is 12.6. The highest BCUT2D eigenvalue weighted by molar-refractivity contribution is 5.79. The zero-order chi connectivity index (χ0) is 17.7. The third kappa shape index (κ3) is 4.49. The van der Waals surface area contributed by atoms with E-state index in [1.807, 2.05) is 11.8 Å². The minimum absolute atomic E-state index is 0.127. The second-order valence-electron chi connectivity index (χ2n) is 6.58. The summed E-state index contributed by atoms with van der Waals surface area (Å²) in [6.45, 7) is 10.8. The second-order valence-corrected chi connectivity index (χ2v) is 6.58. The van der Waals surface area contributed by atoms with Crippen molar-refractivity contribution in [1.82, 2.24) is 9.80 Å². The number of nitrogens with zero attached hydrogens (tertiary/aromatic N) is 2. The highest BCUT2D eigenvalue weighted by Gasteiger charge is 2.25. The number of piperazine rings is 1. The molecular formula is C19H28N2O3. The van der Waals surface area contributed by atoms with Crippen LogP contribution in [0.15, 0.2) is 18.2 Å². The van der Waals surface area contributed by atoms with Crippen molar-refractivity contribution < 1.29 is 14.3 Å². The number of rotatable bonds is 4. The first kappa shape index (κ1) is 18.3. The van der Waals surface area contributed by atoms with Crippen molar-refractivity contribution in [2.24, 2.45) is 0 Å². The van der Waals surface area contributed by atoms with E-state index in [1.54, 1.807) is 11.8 Å². The van der Waals surface area contributed by atoms with Crippen molar-refractivity contribution in [3.05, 3.63) is 34.9 Å². The van der Waals surface area contributed by atoms with Gasteiger partial charge in [0.1, 0.15) is 0 Å². The molecule has 0 aromatic heterocycles. The van der Waals surface area contributed by atoms with Gasteiger partial charge in [0.05, 0.1) is 13.0 Å². The summed E-state index contributed by atoms with van der Waals surface area (Å²) < 4.78 is 5.01. The number of carbonyl (C=O) groups is 2. The summed E-state index contributed by atoms with van der Waals surface area (Å²) >= 11 is 0. The fourth-order valence-corrected chi connectivity index (χ4v) is 2.87. The van der Waals surface area contributed by atoms with Crippen molar-refractivity contribution in [3.63, 3.8) is 0 Å². The largest absolute Gasteiger partial charge is 0.450 e. The Balaban J connectivity index is 1.94.